The lowest BCUT2D eigenvalue weighted by atomic mass is 9.97. The molecule has 2 rings (SSSR count). The van der Waals surface area contributed by atoms with Crippen LogP contribution in [0.4, 0.5) is 0 Å². The van der Waals surface area contributed by atoms with Gasteiger partial charge in [0.1, 0.15) is 6.04 Å². The Labute approximate surface area is 75.9 Å². The predicted octanol–water partition coefficient (Wildman–Crippen LogP) is 1.05. The molecule has 0 aromatic heterocycles. The number of thioether (sulfide) groups is 1. The second-order valence-electron chi connectivity index (χ2n) is 3.54. The van der Waals surface area contributed by atoms with Crippen LogP contribution >= 0.6 is 11.8 Å². The highest BCUT2D eigenvalue weighted by Gasteiger charge is 2.49. The van der Waals surface area contributed by atoms with Gasteiger partial charge in [0.25, 0.3) is 0 Å². The maximum Gasteiger partial charge on any atom is 0.322 e. The van der Waals surface area contributed by atoms with E-state index >= 15 is 0 Å². The molecule has 2 N–H and O–H groups in total. The molecule has 1 saturated heterocycles. The van der Waals surface area contributed by atoms with Gasteiger partial charge in [-0.15, -0.1) is 11.8 Å². The lowest BCUT2D eigenvalue weighted by molar-refractivity contribution is -0.140. The summed E-state index contributed by atoms with van der Waals surface area (Å²) in [5.74, 6) is 0.124. The second kappa shape index (κ2) is 2.92. The average molecular weight is 187 g/mol. The first-order valence-corrected chi connectivity index (χ1v) is 5.33. The Hall–Kier alpha value is -0.220. The molecule has 4 heteroatoms. The van der Waals surface area contributed by atoms with Crippen LogP contribution in [0.5, 0.6) is 0 Å². The van der Waals surface area contributed by atoms with Gasteiger partial charge in [-0.2, -0.15) is 0 Å². The highest BCUT2D eigenvalue weighted by molar-refractivity contribution is 8.01. The lowest BCUT2D eigenvalue weighted by Gasteiger charge is -2.25. The second-order valence-corrected chi connectivity index (χ2v) is 4.93. The van der Waals surface area contributed by atoms with Crippen molar-refractivity contribution in [3.8, 4) is 0 Å². The zero-order valence-electron chi connectivity index (χ0n) is 6.88. The fraction of sp³-hybridized carbons (Fsp3) is 0.875. The van der Waals surface area contributed by atoms with Gasteiger partial charge in [0.05, 0.1) is 0 Å². The summed E-state index contributed by atoms with van der Waals surface area (Å²) in [4.78, 5) is 10.9. The third kappa shape index (κ3) is 1.13. The minimum absolute atomic E-state index is 0.0336. The molecule has 1 aliphatic carbocycles. The molecule has 2 fully saturated rings. The van der Waals surface area contributed by atoms with Crippen molar-refractivity contribution in [2.75, 3.05) is 5.88 Å². The van der Waals surface area contributed by atoms with Crippen molar-refractivity contribution < 1.29 is 9.90 Å². The summed E-state index contributed by atoms with van der Waals surface area (Å²) in [5.41, 5.74) is 0. The molecule has 0 amide bonds. The predicted molar refractivity (Wildman–Crippen MR) is 48.2 cm³/mol. The third-order valence-electron chi connectivity index (χ3n) is 2.87. The molecule has 2 aliphatic rings. The van der Waals surface area contributed by atoms with Gasteiger partial charge in [-0.05, 0) is 12.8 Å². The van der Waals surface area contributed by atoms with Crippen LogP contribution in [0.2, 0.25) is 0 Å². The summed E-state index contributed by atoms with van der Waals surface area (Å²) in [7, 11) is 0. The van der Waals surface area contributed by atoms with E-state index in [4.69, 9.17) is 5.11 Å². The fourth-order valence-corrected chi connectivity index (χ4v) is 3.72. The van der Waals surface area contributed by atoms with Crippen LogP contribution in [-0.4, -0.2) is 27.7 Å². The van der Waals surface area contributed by atoms with E-state index in [9.17, 15) is 4.79 Å². The minimum atomic E-state index is -0.679. The zero-order chi connectivity index (χ0) is 8.60. The van der Waals surface area contributed by atoms with Gasteiger partial charge in [-0.25, -0.2) is 0 Å². The number of nitrogens with one attached hydrogen (secondary N) is 1. The molecule has 1 heterocycles. The van der Waals surface area contributed by atoms with E-state index in [2.05, 4.69) is 5.32 Å². The highest BCUT2D eigenvalue weighted by Crippen LogP contribution is 2.47. The number of carboxylic acid groups (broad SMARTS) is 1. The largest absolute Gasteiger partial charge is 0.480 e. The lowest BCUT2D eigenvalue weighted by Crippen LogP contribution is -2.45. The first-order valence-electron chi connectivity index (χ1n) is 4.35. The van der Waals surface area contributed by atoms with Crippen LogP contribution in [-0.2, 0) is 4.79 Å². The van der Waals surface area contributed by atoms with Gasteiger partial charge in [-0.1, -0.05) is 12.8 Å². The summed E-state index contributed by atoms with van der Waals surface area (Å²) in [6.07, 6.45) is 4.53. The SMILES string of the molecule is O=C(O)C1NCSC12CCCC2. The maximum atomic E-state index is 10.9. The quantitative estimate of drug-likeness (QED) is 0.644. The van der Waals surface area contributed by atoms with E-state index in [1.807, 2.05) is 0 Å². The van der Waals surface area contributed by atoms with E-state index in [0.29, 0.717) is 0 Å². The van der Waals surface area contributed by atoms with Gasteiger partial charge in [-0.3, -0.25) is 10.1 Å². The molecular weight excluding hydrogens is 174 g/mol. The van der Waals surface area contributed by atoms with E-state index in [1.54, 1.807) is 11.8 Å². The number of rotatable bonds is 1. The standard InChI is InChI=1S/C8H13NO2S/c10-7(11)6-8(12-5-9-6)3-1-2-4-8/h6,9H,1-5H2,(H,10,11). The van der Waals surface area contributed by atoms with Crippen LogP contribution in [0.25, 0.3) is 0 Å². The van der Waals surface area contributed by atoms with Crippen molar-refractivity contribution in [2.24, 2.45) is 0 Å². The van der Waals surface area contributed by atoms with Gasteiger partial charge < -0.3 is 5.11 Å². The molecule has 1 saturated carbocycles. The summed E-state index contributed by atoms with van der Waals surface area (Å²) in [6.45, 7) is 0. The molecule has 1 unspecified atom stereocenters. The maximum absolute atomic E-state index is 10.9. The Morgan fingerprint density at radius 2 is 2.17 bits per heavy atom. The van der Waals surface area contributed by atoms with Gasteiger partial charge in [0, 0.05) is 10.6 Å². The molecule has 1 spiro atoms. The van der Waals surface area contributed by atoms with Crippen LogP contribution in [0, 0.1) is 0 Å². The fourth-order valence-electron chi connectivity index (χ4n) is 2.26. The first kappa shape index (κ1) is 8.38. The average Bonchev–Trinajstić information content (AvgIpc) is 2.61. The minimum Gasteiger partial charge on any atom is -0.480 e. The van der Waals surface area contributed by atoms with Gasteiger partial charge >= 0.3 is 5.97 Å². The van der Waals surface area contributed by atoms with Crippen molar-refractivity contribution >= 4 is 17.7 Å². The summed E-state index contributed by atoms with van der Waals surface area (Å²) in [6, 6.07) is -0.301. The molecule has 1 aliphatic heterocycles. The molecular formula is C8H13NO2S. The molecule has 0 bridgehead atoms. The topological polar surface area (TPSA) is 49.3 Å². The Kier molecular flexibility index (Phi) is 2.04. The van der Waals surface area contributed by atoms with E-state index in [0.717, 1.165) is 18.7 Å². The smallest absolute Gasteiger partial charge is 0.322 e. The summed E-state index contributed by atoms with van der Waals surface area (Å²) >= 11 is 1.80. The normalized spacial score (nSPS) is 32.8. The number of hydrogen-bond acceptors (Lipinski definition) is 3. The number of aliphatic carboxylic acids is 1. The van der Waals surface area contributed by atoms with Crippen molar-refractivity contribution in [1.82, 2.24) is 5.32 Å². The van der Waals surface area contributed by atoms with Crippen LogP contribution in [0.1, 0.15) is 25.7 Å². The van der Waals surface area contributed by atoms with Crippen LogP contribution in [0.3, 0.4) is 0 Å². The summed E-state index contributed by atoms with van der Waals surface area (Å²) < 4.78 is 0.0336. The molecule has 1 atom stereocenters. The van der Waals surface area contributed by atoms with Crippen LogP contribution in [0.15, 0.2) is 0 Å². The van der Waals surface area contributed by atoms with Crippen molar-refractivity contribution in [2.45, 2.75) is 36.5 Å². The van der Waals surface area contributed by atoms with Crippen molar-refractivity contribution in [1.29, 1.82) is 0 Å². The van der Waals surface area contributed by atoms with Crippen molar-refractivity contribution in [3.05, 3.63) is 0 Å². The Balaban J connectivity index is 2.17. The number of carboxylic acids is 1. The molecule has 68 valence electrons. The van der Waals surface area contributed by atoms with Crippen LogP contribution < -0.4 is 5.32 Å². The molecule has 3 nitrogen and oxygen atoms in total. The monoisotopic (exact) mass is 187 g/mol. The van der Waals surface area contributed by atoms with E-state index in [1.165, 1.54) is 12.8 Å². The Bertz CT molecular complexity index is 196. The number of carbonyl (C=O) groups is 1. The Morgan fingerprint density at radius 3 is 2.75 bits per heavy atom. The van der Waals surface area contributed by atoms with E-state index in [-0.39, 0.29) is 10.8 Å². The highest BCUT2D eigenvalue weighted by atomic mass is 32.2. The first-order chi connectivity index (χ1) is 5.75. The molecule has 0 aromatic rings. The summed E-state index contributed by atoms with van der Waals surface area (Å²) in [5, 5.41) is 12.0. The van der Waals surface area contributed by atoms with Gasteiger partial charge in [0.2, 0.25) is 0 Å². The number of hydrogen-bond donors (Lipinski definition) is 2. The van der Waals surface area contributed by atoms with Gasteiger partial charge in [0.15, 0.2) is 0 Å². The van der Waals surface area contributed by atoms with Crippen molar-refractivity contribution in [3.63, 3.8) is 0 Å². The molecule has 0 radical (unpaired) electrons. The molecule has 0 aromatic carbocycles. The Morgan fingerprint density at radius 1 is 1.50 bits per heavy atom. The third-order valence-corrected chi connectivity index (χ3v) is 4.40. The van der Waals surface area contributed by atoms with E-state index < -0.39 is 5.97 Å². The molecule has 12 heavy (non-hydrogen) atoms. The zero-order valence-corrected chi connectivity index (χ0v) is 7.69.